The number of piperazine rings is 1. The highest BCUT2D eigenvalue weighted by molar-refractivity contribution is 6.04. The molecule has 1 fully saturated rings. The Hall–Kier alpha value is -4.93. The monoisotopic (exact) mass is 559 g/mol. The van der Waals surface area contributed by atoms with Crippen LogP contribution in [0.5, 0.6) is 0 Å². The number of nitrogens with one attached hydrogen (secondary N) is 3. The molecule has 0 bridgehead atoms. The lowest BCUT2D eigenvalue weighted by atomic mass is 10.1. The number of nitrogens with zero attached hydrogens (tertiary/aromatic N) is 6. The maximum absolute atomic E-state index is 13.0. The summed E-state index contributed by atoms with van der Waals surface area (Å²) in [6, 6.07) is 19.4. The second-order valence-electron chi connectivity index (χ2n) is 10.6. The minimum absolute atomic E-state index is 0.154. The first-order valence-electron chi connectivity index (χ1n) is 14.0. The predicted octanol–water partition coefficient (Wildman–Crippen LogP) is 4.98. The van der Waals surface area contributed by atoms with Crippen LogP contribution in [-0.4, -0.2) is 74.1 Å². The normalized spacial score (nSPS) is 14.0. The third kappa shape index (κ3) is 6.51. The van der Waals surface area contributed by atoms with Crippen molar-refractivity contribution in [2.24, 2.45) is 0 Å². The van der Waals surface area contributed by atoms with Crippen molar-refractivity contribution in [1.29, 1.82) is 0 Å². The van der Waals surface area contributed by atoms with E-state index < -0.39 is 0 Å². The number of aromatic nitrogens is 5. The van der Waals surface area contributed by atoms with Crippen molar-refractivity contribution in [1.82, 2.24) is 34.9 Å². The van der Waals surface area contributed by atoms with E-state index in [-0.39, 0.29) is 5.91 Å². The van der Waals surface area contributed by atoms with Gasteiger partial charge in [0.05, 0.1) is 11.4 Å². The molecule has 1 aliphatic heterocycles. The van der Waals surface area contributed by atoms with Crippen LogP contribution in [0.4, 0.5) is 17.3 Å². The van der Waals surface area contributed by atoms with Gasteiger partial charge in [0.1, 0.15) is 0 Å². The second-order valence-corrected chi connectivity index (χ2v) is 10.6. The molecule has 1 aliphatic rings. The van der Waals surface area contributed by atoms with E-state index in [0.29, 0.717) is 17.2 Å². The molecule has 0 unspecified atom stereocenters. The number of aryl methyl sites for hydroxylation is 1. The number of aromatic amines is 1. The van der Waals surface area contributed by atoms with Crippen LogP contribution in [0.1, 0.15) is 21.5 Å². The number of hydrogen-bond acceptors (Lipinski definition) is 8. The minimum atomic E-state index is -0.154. The van der Waals surface area contributed by atoms with Crippen LogP contribution in [0, 0.1) is 6.92 Å². The molecule has 4 heterocycles. The van der Waals surface area contributed by atoms with Gasteiger partial charge in [0.15, 0.2) is 0 Å². The predicted molar refractivity (Wildman–Crippen MR) is 164 cm³/mol. The summed E-state index contributed by atoms with van der Waals surface area (Å²) < 4.78 is 0. The van der Waals surface area contributed by atoms with Gasteiger partial charge in [-0.15, -0.1) is 0 Å². The summed E-state index contributed by atoms with van der Waals surface area (Å²) in [6.07, 6.45) is 6.97. The van der Waals surface area contributed by atoms with Gasteiger partial charge in [0, 0.05) is 85.6 Å². The van der Waals surface area contributed by atoms with Gasteiger partial charge >= 0.3 is 0 Å². The van der Waals surface area contributed by atoms with E-state index in [0.717, 1.165) is 66.5 Å². The van der Waals surface area contributed by atoms with E-state index >= 15 is 0 Å². The van der Waals surface area contributed by atoms with E-state index in [4.69, 9.17) is 4.98 Å². The first kappa shape index (κ1) is 27.3. The molecule has 212 valence electrons. The molecule has 10 nitrogen and oxygen atoms in total. The van der Waals surface area contributed by atoms with Crippen molar-refractivity contribution in [3.05, 3.63) is 102 Å². The molecule has 1 amide bonds. The molecule has 0 aliphatic carbocycles. The summed E-state index contributed by atoms with van der Waals surface area (Å²) in [4.78, 5) is 31.3. The van der Waals surface area contributed by atoms with Gasteiger partial charge < -0.3 is 15.5 Å². The zero-order chi connectivity index (χ0) is 28.9. The largest absolute Gasteiger partial charge is 0.324 e. The average molecular weight is 560 g/mol. The fraction of sp³-hybridized carbons (Fsp3) is 0.219. The molecule has 0 spiro atoms. The van der Waals surface area contributed by atoms with Gasteiger partial charge in [-0.05, 0) is 67.6 Å². The first-order chi connectivity index (χ1) is 20.5. The molecule has 0 atom stereocenters. The molecule has 42 heavy (non-hydrogen) atoms. The number of rotatable bonds is 8. The molecular weight excluding hydrogens is 526 g/mol. The Bertz CT molecular complexity index is 1660. The maximum Gasteiger partial charge on any atom is 0.255 e. The summed E-state index contributed by atoms with van der Waals surface area (Å²) in [5, 5.41) is 13.3. The van der Waals surface area contributed by atoms with E-state index in [1.807, 2.05) is 67.6 Å². The Balaban J connectivity index is 1.12. The number of carbonyl (C=O) groups is 1. The van der Waals surface area contributed by atoms with Gasteiger partial charge in [0.25, 0.3) is 5.91 Å². The van der Waals surface area contributed by atoms with Gasteiger partial charge in [-0.3, -0.25) is 19.8 Å². The number of benzene rings is 2. The van der Waals surface area contributed by atoms with Crippen LogP contribution < -0.4 is 10.6 Å². The van der Waals surface area contributed by atoms with Crippen LogP contribution in [0.2, 0.25) is 0 Å². The Morgan fingerprint density at radius 3 is 2.52 bits per heavy atom. The SMILES string of the molecule is Cc1ccc(NC(=O)c2ccc(CN3CCN(C)CC3)cc2)cc1Nc1nccc(-c2cncc(-c3ccn[nH]3)c2)n1. The van der Waals surface area contributed by atoms with E-state index in [9.17, 15) is 4.79 Å². The Labute approximate surface area is 244 Å². The highest BCUT2D eigenvalue weighted by Crippen LogP contribution is 2.26. The first-order valence-corrected chi connectivity index (χ1v) is 14.0. The number of likely N-dealkylation sites (N-methyl/N-ethyl adjacent to an activating group) is 1. The van der Waals surface area contributed by atoms with Gasteiger partial charge in [-0.1, -0.05) is 18.2 Å². The zero-order valence-corrected chi connectivity index (χ0v) is 23.7. The van der Waals surface area contributed by atoms with Crippen molar-refractivity contribution in [3.8, 4) is 22.5 Å². The highest BCUT2D eigenvalue weighted by atomic mass is 16.1. The molecule has 10 heteroatoms. The van der Waals surface area contributed by atoms with E-state index in [1.54, 1.807) is 24.8 Å². The second kappa shape index (κ2) is 12.3. The van der Waals surface area contributed by atoms with Crippen molar-refractivity contribution in [3.63, 3.8) is 0 Å². The fourth-order valence-corrected chi connectivity index (χ4v) is 4.91. The number of pyridine rings is 1. The van der Waals surface area contributed by atoms with Crippen molar-refractivity contribution < 1.29 is 4.79 Å². The Morgan fingerprint density at radius 1 is 0.929 bits per heavy atom. The molecule has 0 saturated carbocycles. The Kier molecular flexibility index (Phi) is 7.98. The maximum atomic E-state index is 13.0. The van der Waals surface area contributed by atoms with E-state index in [1.165, 1.54) is 5.56 Å². The quantitative estimate of drug-likeness (QED) is 0.244. The smallest absolute Gasteiger partial charge is 0.255 e. The number of carbonyl (C=O) groups excluding carboxylic acids is 1. The summed E-state index contributed by atoms with van der Waals surface area (Å²) in [5.41, 5.74) is 7.71. The van der Waals surface area contributed by atoms with Gasteiger partial charge in [-0.25, -0.2) is 9.97 Å². The molecule has 3 aromatic heterocycles. The number of H-pyrrole nitrogens is 1. The van der Waals surface area contributed by atoms with Crippen LogP contribution >= 0.6 is 0 Å². The summed E-state index contributed by atoms with van der Waals surface area (Å²) in [7, 11) is 2.16. The topological polar surface area (TPSA) is 115 Å². The fourth-order valence-electron chi connectivity index (χ4n) is 4.91. The molecular formula is C32H33N9O. The van der Waals surface area contributed by atoms with Gasteiger partial charge in [-0.2, -0.15) is 5.10 Å². The van der Waals surface area contributed by atoms with Crippen molar-refractivity contribution >= 4 is 23.2 Å². The number of amides is 1. The average Bonchev–Trinajstić information content (AvgIpc) is 3.56. The van der Waals surface area contributed by atoms with Crippen molar-refractivity contribution in [2.45, 2.75) is 13.5 Å². The number of hydrogen-bond donors (Lipinski definition) is 3. The molecule has 0 radical (unpaired) electrons. The Morgan fingerprint density at radius 2 is 1.74 bits per heavy atom. The van der Waals surface area contributed by atoms with Crippen LogP contribution in [-0.2, 0) is 6.54 Å². The lowest BCUT2D eigenvalue weighted by molar-refractivity contribution is 0.102. The minimum Gasteiger partial charge on any atom is -0.324 e. The molecule has 5 aromatic rings. The lowest BCUT2D eigenvalue weighted by Gasteiger charge is -2.32. The summed E-state index contributed by atoms with van der Waals surface area (Å²) >= 11 is 0. The number of anilines is 3. The lowest BCUT2D eigenvalue weighted by Crippen LogP contribution is -2.43. The van der Waals surface area contributed by atoms with E-state index in [2.05, 4.69) is 47.6 Å². The summed E-state index contributed by atoms with van der Waals surface area (Å²) in [5.74, 6) is 0.292. The summed E-state index contributed by atoms with van der Waals surface area (Å²) in [6.45, 7) is 7.20. The zero-order valence-electron chi connectivity index (χ0n) is 23.7. The standard InChI is InChI=1S/C32H33N9O/c1-22-3-8-27(36-31(42)24-6-4-23(5-7-24)21-41-15-13-40(2)14-16-41)18-30(22)38-32-34-11-9-28(37-32)25-17-26(20-33-19-25)29-10-12-35-39-29/h3-12,17-20H,13-16,21H2,1-2H3,(H,35,39)(H,36,42)(H,34,37,38). The third-order valence-corrected chi connectivity index (χ3v) is 7.46. The molecule has 6 rings (SSSR count). The van der Waals surface area contributed by atoms with Crippen LogP contribution in [0.3, 0.4) is 0 Å². The van der Waals surface area contributed by atoms with Gasteiger partial charge in [0.2, 0.25) is 5.95 Å². The molecule has 3 N–H and O–H groups in total. The highest BCUT2D eigenvalue weighted by Gasteiger charge is 2.15. The van der Waals surface area contributed by atoms with Crippen molar-refractivity contribution in [2.75, 3.05) is 43.9 Å². The molecule has 1 saturated heterocycles. The third-order valence-electron chi connectivity index (χ3n) is 7.46. The van der Waals surface area contributed by atoms with Crippen LogP contribution in [0.25, 0.3) is 22.5 Å². The molecule has 2 aromatic carbocycles. The van der Waals surface area contributed by atoms with Crippen LogP contribution in [0.15, 0.2) is 85.5 Å².